The molecule has 1 nitrogen and oxygen atoms in total. The van der Waals surface area contributed by atoms with Crippen LogP contribution in [0, 0.1) is 5.82 Å². The van der Waals surface area contributed by atoms with Gasteiger partial charge in [-0.1, -0.05) is 19.1 Å². The highest BCUT2D eigenvalue weighted by atomic mass is 79.9. The van der Waals surface area contributed by atoms with Crippen LogP contribution in [0.25, 0.3) is 0 Å². The van der Waals surface area contributed by atoms with Crippen molar-refractivity contribution in [2.24, 2.45) is 0 Å². The van der Waals surface area contributed by atoms with E-state index in [0.717, 1.165) is 24.9 Å². The van der Waals surface area contributed by atoms with Gasteiger partial charge in [-0.15, -0.1) is 0 Å². The molecule has 1 unspecified atom stereocenters. The molecule has 0 spiro atoms. The first-order chi connectivity index (χ1) is 7.67. The maximum atomic E-state index is 13.4. The van der Waals surface area contributed by atoms with Crippen molar-refractivity contribution < 1.29 is 4.39 Å². The predicted molar refractivity (Wildman–Crippen MR) is 68.1 cm³/mol. The van der Waals surface area contributed by atoms with Crippen LogP contribution < -0.4 is 5.32 Å². The van der Waals surface area contributed by atoms with Gasteiger partial charge in [0.2, 0.25) is 0 Å². The Hall–Kier alpha value is -0.410. The van der Waals surface area contributed by atoms with Gasteiger partial charge in [0.1, 0.15) is 5.82 Å². The van der Waals surface area contributed by atoms with Crippen LogP contribution in [0.1, 0.15) is 31.7 Å². The lowest BCUT2D eigenvalue weighted by Gasteiger charge is -2.28. The molecule has 1 atom stereocenters. The van der Waals surface area contributed by atoms with Crippen LogP contribution in [0.2, 0.25) is 0 Å². The van der Waals surface area contributed by atoms with Gasteiger partial charge in [0.05, 0.1) is 4.47 Å². The van der Waals surface area contributed by atoms with Gasteiger partial charge in [-0.2, -0.15) is 0 Å². The minimum atomic E-state index is -0.165. The van der Waals surface area contributed by atoms with Gasteiger partial charge < -0.3 is 5.32 Å². The van der Waals surface area contributed by atoms with Crippen molar-refractivity contribution in [2.45, 2.75) is 38.1 Å². The molecule has 88 valence electrons. The summed E-state index contributed by atoms with van der Waals surface area (Å²) < 4.78 is 14.0. The number of rotatable bonds is 3. The highest BCUT2D eigenvalue weighted by Crippen LogP contribution is 2.31. The average Bonchev–Trinajstić information content (AvgIpc) is 2.74. The van der Waals surface area contributed by atoms with Crippen LogP contribution in [0.15, 0.2) is 22.7 Å². The molecule has 1 fully saturated rings. The van der Waals surface area contributed by atoms with E-state index in [1.807, 2.05) is 6.07 Å². The maximum Gasteiger partial charge on any atom is 0.137 e. The number of hydrogen-bond acceptors (Lipinski definition) is 1. The summed E-state index contributed by atoms with van der Waals surface area (Å²) in [6, 6.07) is 5.28. The fourth-order valence-corrected chi connectivity index (χ4v) is 2.90. The zero-order chi connectivity index (χ0) is 11.6. The van der Waals surface area contributed by atoms with E-state index in [9.17, 15) is 4.39 Å². The van der Waals surface area contributed by atoms with Crippen LogP contribution in [0.5, 0.6) is 0 Å². The second-order valence-electron chi connectivity index (χ2n) is 4.55. The van der Waals surface area contributed by atoms with Gasteiger partial charge in [-0.05, 0) is 59.8 Å². The first kappa shape index (κ1) is 12.1. The van der Waals surface area contributed by atoms with Gasteiger partial charge >= 0.3 is 0 Å². The molecular weight excluding hydrogens is 269 g/mol. The monoisotopic (exact) mass is 285 g/mol. The summed E-state index contributed by atoms with van der Waals surface area (Å²) in [5.74, 6) is -0.165. The normalized spacial score (nSPS) is 24.9. The van der Waals surface area contributed by atoms with E-state index in [4.69, 9.17) is 0 Å². The van der Waals surface area contributed by atoms with E-state index in [0.29, 0.717) is 4.47 Å². The molecule has 0 radical (unpaired) electrons. The van der Waals surface area contributed by atoms with E-state index in [1.54, 1.807) is 6.07 Å². The molecule has 1 saturated heterocycles. The lowest BCUT2D eigenvalue weighted by atomic mass is 9.87. The third-order valence-electron chi connectivity index (χ3n) is 3.57. The fourth-order valence-electron chi connectivity index (χ4n) is 2.50. The zero-order valence-electron chi connectivity index (χ0n) is 9.52. The number of nitrogens with one attached hydrogen (secondary N) is 1. The van der Waals surface area contributed by atoms with Gasteiger partial charge in [0.15, 0.2) is 0 Å². The van der Waals surface area contributed by atoms with Crippen LogP contribution in [0.3, 0.4) is 0 Å². The second-order valence-corrected chi connectivity index (χ2v) is 5.35. The fraction of sp³-hybridized carbons (Fsp3) is 0.538. The highest BCUT2D eigenvalue weighted by Gasteiger charge is 2.32. The zero-order valence-corrected chi connectivity index (χ0v) is 11.1. The topological polar surface area (TPSA) is 12.0 Å². The van der Waals surface area contributed by atoms with E-state index < -0.39 is 0 Å². The molecule has 1 aliphatic rings. The molecular formula is C13H17BrFN. The van der Waals surface area contributed by atoms with E-state index in [1.165, 1.54) is 18.9 Å². The lowest BCUT2D eigenvalue weighted by molar-refractivity contribution is 0.359. The van der Waals surface area contributed by atoms with Gasteiger partial charge in [0.25, 0.3) is 0 Å². The van der Waals surface area contributed by atoms with Crippen molar-refractivity contribution in [3.8, 4) is 0 Å². The lowest BCUT2D eigenvalue weighted by Crippen LogP contribution is -2.41. The molecule has 16 heavy (non-hydrogen) atoms. The van der Waals surface area contributed by atoms with Crippen LogP contribution >= 0.6 is 15.9 Å². The van der Waals surface area contributed by atoms with E-state index in [-0.39, 0.29) is 11.4 Å². The Morgan fingerprint density at radius 2 is 2.31 bits per heavy atom. The Kier molecular flexibility index (Phi) is 3.65. The first-order valence-electron chi connectivity index (χ1n) is 5.85. The summed E-state index contributed by atoms with van der Waals surface area (Å²) >= 11 is 3.34. The standard InChI is InChI=1S/C13H17BrFN/c1-2-13(7-4-8-16-13)9-10-5-3-6-11(15)12(10)14/h3,5-6,16H,2,4,7-9H2,1H3. The minimum Gasteiger partial charge on any atom is -0.311 e. The Bertz CT molecular complexity index is 372. The number of hydrogen-bond donors (Lipinski definition) is 1. The van der Waals surface area contributed by atoms with Crippen molar-refractivity contribution in [1.29, 1.82) is 0 Å². The Morgan fingerprint density at radius 1 is 1.50 bits per heavy atom. The largest absolute Gasteiger partial charge is 0.311 e. The summed E-state index contributed by atoms with van der Waals surface area (Å²) in [4.78, 5) is 0. The molecule has 0 aromatic heterocycles. The van der Waals surface area contributed by atoms with E-state index >= 15 is 0 Å². The van der Waals surface area contributed by atoms with E-state index in [2.05, 4.69) is 28.2 Å². The number of halogens is 2. The third-order valence-corrected chi connectivity index (χ3v) is 4.46. The van der Waals surface area contributed by atoms with Gasteiger partial charge in [-0.3, -0.25) is 0 Å². The third kappa shape index (κ3) is 2.30. The van der Waals surface area contributed by atoms with Crippen molar-refractivity contribution >= 4 is 15.9 Å². The SMILES string of the molecule is CCC1(Cc2cccc(F)c2Br)CCCN1. The quantitative estimate of drug-likeness (QED) is 0.894. The second kappa shape index (κ2) is 4.84. The summed E-state index contributed by atoms with van der Waals surface area (Å²) in [6.07, 6.45) is 4.41. The Morgan fingerprint density at radius 3 is 2.94 bits per heavy atom. The molecule has 1 aromatic carbocycles. The molecule has 0 bridgehead atoms. The van der Waals surface area contributed by atoms with Crippen molar-refractivity contribution in [1.82, 2.24) is 5.32 Å². The maximum absolute atomic E-state index is 13.4. The average molecular weight is 286 g/mol. The summed E-state index contributed by atoms with van der Waals surface area (Å²) in [6.45, 7) is 3.28. The van der Waals surface area contributed by atoms with Crippen molar-refractivity contribution in [3.05, 3.63) is 34.1 Å². The van der Waals surface area contributed by atoms with Crippen LogP contribution in [0.4, 0.5) is 4.39 Å². The van der Waals surface area contributed by atoms with Gasteiger partial charge in [0, 0.05) is 5.54 Å². The molecule has 1 aromatic rings. The Balaban J connectivity index is 2.22. The molecule has 0 aliphatic carbocycles. The molecule has 2 rings (SSSR count). The molecule has 0 saturated carbocycles. The van der Waals surface area contributed by atoms with Crippen LogP contribution in [-0.4, -0.2) is 12.1 Å². The summed E-state index contributed by atoms with van der Waals surface area (Å²) in [5.41, 5.74) is 1.24. The van der Waals surface area contributed by atoms with Crippen molar-refractivity contribution in [3.63, 3.8) is 0 Å². The first-order valence-corrected chi connectivity index (χ1v) is 6.64. The molecule has 3 heteroatoms. The molecule has 0 amide bonds. The molecule has 1 heterocycles. The molecule has 1 N–H and O–H groups in total. The Labute approximate surface area is 105 Å². The summed E-state index contributed by atoms with van der Waals surface area (Å²) in [7, 11) is 0. The van der Waals surface area contributed by atoms with Crippen molar-refractivity contribution in [2.75, 3.05) is 6.54 Å². The number of benzene rings is 1. The van der Waals surface area contributed by atoms with Gasteiger partial charge in [-0.25, -0.2) is 4.39 Å². The minimum absolute atomic E-state index is 0.165. The van der Waals surface area contributed by atoms with Crippen LogP contribution in [-0.2, 0) is 6.42 Å². The smallest absolute Gasteiger partial charge is 0.137 e. The molecule has 1 aliphatic heterocycles. The predicted octanol–water partition coefficient (Wildman–Crippen LogP) is 3.66. The summed E-state index contributed by atoms with van der Waals surface area (Å²) in [5, 5.41) is 3.57. The highest BCUT2D eigenvalue weighted by molar-refractivity contribution is 9.10.